The Morgan fingerprint density at radius 3 is 2.71 bits per heavy atom. The lowest BCUT2D eigenvalue weighted by molar-refractivity contribution is -0.118. The van der Waals surface area contributed by atoms with Gasteiger partial charge in [-0.25, -0.2) is 0 Å². The lowest BCUT2D eigenvalue weighted by Crippen LogP contribution is -2.32. The van der Waals surface area contributed by atoms with Crippen LogP contribution in [0.3, 0.4) is 0 Å². The molecule has 5 N–H and O–H groups in total. The Bertz CT molecular complexity index is 354. The number of nitrogens with one attached hydrogen (secondary N) is 1. The summed E-state index contributed by atoms with van der Waals surface area (Å²) in [5.74, 6) is -0.395. The first-order valence-electron chi connectivity index (χ1n) is 4.11. The maximum atomic E-state index is 10.8. The molecule has 1 amide bonds. The van der Waals surface area contributed by atoms with Crippen molar-refractivity contribution in [1.29, 1.82) is 0 Å². The number of nitrogens with two attached hydrogens (primary N) is 2. The molecule has 0 aliphatic heterocycles. The molecule has 0 saturated carbocycles. The summed E-state index contributed by atoms with van der Waals surface area (Å²) in [5.41, 5.74) is 12.1. The third-order valence-electron chi connectivity index (χ3n) is 1.79. The SMILES string of the molecule is CC(Nc1ccc(N)cc1Br)C(N)=O. The van der Waals surface area contributed by atoms with Gasteiger partial charge in [0.25, 0.3) is 0 Å². The summed E-state index contributed by atoms with van der Waals surface area (Å²) in [6.07, 6.45) is 0. The van der Waals surface area contributed by atoms with Crippen molar-refractivity contribution in [3.63, 3.8) is 0 Å². The van der Waals surface area contributed by atoms with Gasteiger partial charge in [0.05, 0.1) is 0 Å². The van der Waals surface area contributed by atoms with E-state index in [4.69, 9.17) is 11.5 Å². The summed E-state index contributed by atoms with van der Waals surface area (Å²) in [6.45, 7) is 1.70. The molecule has 0 fully saturated rings. The Balaban J connectivity index is 2.82. The van der Waals surface area contributed by atoms with Crippen molar-refractivity contribution in [1.82, 2.24) is 0 Å². The summed E-state index contributed by atoms with van der Waals surface area (Å²) in [5, 5.41) is 2.96. The van der Waals surface area contributed by atoms with Crippen LogP contribution in [0.2, 0.25) is 0 Å². The molecule has 0 bridgehead atoms. The van der Waals surface area contributed by atoms with E-state index < -0.39 is 11.9 Å². The van der Waals surface area contributed by atoms with E-state index in [2.05, 4.69) is 21.2 Å². The molecule has 1 atom stereocenters. The molecule has 0 aliphatic carbocycles. The van der Waals surface area contributed by atoms with E-state index in [9.17, 15) is 4.79 Å². The summed E-state index contributed by atoms with van der Waals surface area (Å²) in [7, 11) is 0. The van der Waals surface area contributed by atoms with Gasteiger partial charge in [-0.05, 0) is 41.1 Å². The van der Waals surface area contributed by atoms with Crippen LogP contribution in [0, 0.1) is 0 Å². The molecule has 0 aromatic heterocycles. The van der Waals surface area contributed by atoms with Crippen LogP contribution in [0.1, 0.15) is 6.92 Å². The van der Waals surface area contributed by atoms with Crippen molar-refractivity contribution in [2.45, 2.75) is 13.0 Å². The van der Waals surface area contributed by atoms with Crippen molar-refractivity contribution in [2.75, 3.05) is 11.1 Å². The average Bonchev–Trinajstić information content (AvgIpc) is 2.09. The first-order valence-corrected chi connectivity index (χ1v) is 4.91. The van der Waals surface area contributed by atoms with Crippen LogP contribution < -0.4 is 16.8 Å². The molecular formula is C9H12BrN3O. The van der Waals surface area contributed by atoms with Gasteiger partial charge in [0.15, 0.2) is 0 Å². The molecule has 1 aromatic rings. The molecule has 0 heterocycles. The number of halogens is 1. The van der Waals surface area contributed by atoms with Crippen LogP contribution in [0.4, 0.5) is 11.4 Å². The highest BCUT2D eigenvalue weighted by molar-refractivity contribution is 9.10. The van der Waals surface area contributed by atoms with Gasteiger partial charge in [-0.15, -0.1) is 0 Å². The van der Waals surface area contributed by atoms with Crippen LogP contribution in [0.5, 0.6) is 0 Å². The molecule has 5 heteroatoms. The predicted octanol–water partition coefficient (Wildman–Crippen LogP) is 1.32. The monoisotopic (exact) mass is 257 g/mol. The third kappa shape index (κ3) is 2.63. The van der Waals surface area contributed by atoms with E-state index in [0.717, 1.165) is 10.2 Å². The Labute approximate surface area is 90.8 Å². The van der Waals surface area contributed by atoms with E-state index in [-0.39, 0.29) is 0 Å². The minimum absolute atomic E-state index is 0.395. The maximum Gasteiger partial charge on any atom is 0.239 e. The van der Waals surface area contributed by atoms with Gasteiger partial charge in [-0.2, -0.15) is 0 Å². The smallest absolute Gasteiger partial charge is 0.239 e. The summed E-state index contributed by atoms with van der Waals surface area (Å²) >= 11 is 3.33. The second-order valence-electron chi connectivity index (χ2n) is 3.01. The summed E-state index contributed by atoms with van der Waals surface area (Å²) in [4.78, 5) is 10.8. The Morgan fingerprint density at radius 1 is 1.57 bits per heavy atom. The molecule has 14 heavy (non-hydrogen) atoms. The van der Waals surface area contributed by atoms with Crippen molar-refractivity contribution in [3.05, 3.63) is 22.7 Å². The number of carbonyl (C=O) groups excluding carboxylic acids is 1. The minimum Gasteiger partial charge on any atom is -0.399 e. The van der Waals surface area contributed by atoms with Crippen LogP contribution in [-0.4, -0.2) is 11.9 Å². The topological polar surface area (TPSA) is 81.1 Å². The molecule has 76 valence electrons. The third-order valence-corrected chi connectivity index (χ3v) is 2.45. The molecule has 1 aromatic carbocycles. The number of rotatable bonds is 3. The molecule has 0 aliphatic rings. The Kier molecular flexibility index (Phi) is 3.35. The molecule has 1 unspecified atom stereocenters. The van der Waals surface area contributed by atoms with Crippen molar-refractivity contribution < 1.29 is 4.79 Å². The quantitative estimate of drug-likeness (QED) is 0.715. The molecule has 4 nitrogen and oxygen atoms in total. The molecule has 0 radical (unpaired) electrons. The number of hydrogen-bond donors (Lipinski definition) is 3. The number of carbonyl (C=O) groups is 1. The van der Waals surface area contributed by atoms with E-state index >= 15 is 0 Å². The molecule has 0 spiro atoms. The fourth-order valence-electron chi connectivity index (χ4n) is 0.953. The first-order chi connectivity index (χ1) is 6.50. The highest BCUT2D eigenvalue weighted by Crippen LogP contribution is 2.25. The molecular weight excluding hydrogens is 246 g/mol. The largest absolute Gasteiger partial charge is 0.399 e. The fourth-order valence-corrected chi connectivity index (χ4v) is 1.46. The van der Waals surface area contributed by atoms with Gasteiger partial charge >= 0.3 is 0 Å². The lowest BCUT2D eigenvalue weighted by atomic mass is 10.2. The van der Waals surface area contributed by atoms with E-state index in [1.54, 1.807) is 25.1 Å². The van der Waals surface area contributed by atoms with E-state index in [1.165, 1.54) is 0 Å². The van der Waals surface area contributed by atoms with Crippen molar-refractivity contribution >= 4 is 33.2 Å². The van der Waals surface area contributed by atoms with Gasteiger partial charge in [0.2, 0.25) is 5.91 Å². The standard InChI is InChI=1S/C9H12BrN3O/c1-5(9(12)14)13-8-3-2-6(11)4-7(8)10/h2-5,13H,11H2,1H3,(H2,12,14). The number of hydrogen-bond acceptors (Lipinski definition) is 3. The average molecular weight is 258 g/mol. The zero-order valence-electron chi connectivity index (χ0n) is 7.75. The lowest BCUT2D eigenvalue weighted by Gasteiger charge is -2.13. The predicted molar refractivity (Wildman–Crippen MR) is 60.8 cm³/mol. The summed E-state index contributed by atoms with van der Waals surface area (Å²) < 4.78 is 0.811. The number of benzene rings is 1. The number of nitrogen functional groups attached to an aromatic ring is 1. The van der Waals surface area contributed by atoms with Gasteiger partial charge in [-0.3, -0.25) is 4.79 Å². The van der Waals surface area contributed by atoms with Gasteiger partial charge in [0.1, 0.15) is 6.04 Å². The number of amides is 1. The van der Waals surface area contributed by atoms with Crippen molar-refractivity contribution in [2.24, 2.45) is 5.73 Å². The van der Waals surface area contributed by atoms with E-state index in [0.29, 0.717) is 5.69 Å². The van der Waals surface area contributed by atoms with Gasteiger partial charge in [-0.1, -0.05) is 0 Å². The Hall–Kier alpha value is -1.23. The van der Waals surface area contributed by atoms with Crippen LogP contribution in [0.15, 0.2) is 22.7 Å². The maximum absolute atomic E-state index is 10.8. The second-order valence-corrected chi connectivity index (χ2v) is 3.86. The highest BCUT2D eigenvalue weighted by Gasteiger charge is 2.09. The zero-order valence-corrected chi connectivity index (χ0v) is 9.34. The van der Waals surface area contributed by atoms with Crippen LogP contribution in [-0.2, 0) is 4.79 Å². The normalized spacial score (nSPS) is 12.1. The fraction of sp³-hybridized carbons (Fsp3) is 0.222. The van der Waals surface area contributed by atoms with Crippen LogP contribution >= 0.6 is 15.9 Å². The molecule has 0 saturated heterocycles. The number of primary amides is 1. The van der Waals surface area contributed by atoms with Crippen LogP contribution in [0.25, 0.3) is 0 Å². The zero-order chi connectivity index (χ0) is 10.7. The number of anilines is 2. The first kappa shape index (κ1) is 10.8. The second kappa shape index (κ2) is 4.32. The minimum atomic E-state index is -0.407. The highest BCUT2D eigenvalue weighted by atomic mass is 79.9. The van der Waals surface area contributed by atoms with Crippen molar-refractivity contribution in [3.8, 4) is 0 Å². The Morgan fingerprint density at radius 2 is 2.21 bits per heavy atom. The molecule has 1 rings (SSSR count). The summed E-state index contributed by atoms with van der Waals surface area (Å²) in [6, 6.07) is 4.89. The van der Waals surface area contributed by atoms with Gasteiger partial charge in [0, 0.05) is 15.8 Å². The van der Waals surface area contributed by atoms with E-state index in [1.807, 2.05) is 0 Å². The van der Waals surface area contributed by atoms with Gasteiger partial charge < -0.3 is 16.8 Å².